The number of aromatic hydroxyl groups is 1. The van der Waals surface area contributed by atoms with Crippen molar-refractivity contribution in [2.45, 2.75) is 108 Å². The van der Waals surface area contributed by atoms with E-state index in [0.29, 0.717) is 61.7 Å². The number of nitrogens with zero attached hydrogens (tertiary/aromatic N) is 4. The van der Waals surface area contributed by atoms with Crippen molar-refractivity contribution in [3.05, 3.63) is 106 Å². The van der Waals surface area contributed by atoms with Crippen LogP contribution in [0.25, 0.3) is 0 Å². The predicted octanol–water partition coefficient (Wildman–Crippen LogP) is 10.6. The summed E-state index contributed by atoms with van der Waals surface area (Å²) < 4.78 is 100. The minimum atomic E-state index is -4.60. The highest BCUT2D eigenvalue weighted by molar-refractivity contribution is 5.51. The topological polar surface area (TPSA) is 80.6 Å². The van der Waals surface area contributed by atoms with Crippen molar-refractivity contribution in [3.8, 4) is 11.5 Å². The minimum Gasteiger partial charge on any atom is -0.505 e. The summed E-state index contributed by atoms with van der Waals surface area (Å²) in [7, 11) is 1.59. The van der Waals surface area contributed by atoms with Gasteiger partial charge < -0.3 is 19.5 Å². The van der Waals surface area contributed by atoms with Crippen LogP contribution < -0.4 is 9.64 Å². The van der Waals surface area contributed by atoms with Gasteiger partial charge in [0.1, 0.15) is 5.75 Å². The van der Waals surface area contributed by atoms with E-state index in [9.17, 15) is 27.1 Å². The zero-order valence-electron chi connectivity index (χ0n) is 31.2. The number of alkyl halides is 6. The van der Waals surface area contributed by atoms with Gasteiger partial charge in [-0.3, -0.25) is 4.98 Å². The summed E-state index contributed by atoms with van der Waals surface area (Å²) in [6.45, 7) is 5.52. The van der Waals surface area contributed by atoms with Crippen LogP contribution in [-0.2, 0) is 23.9 Å². The van der Waals surface area contributed by atoms with Gasteiger partial charge in [-0.2, -0.15) is 13.2 Å². The Hall–Kier alpha value is -4.39. The smallest absolute Gasteiger partial charge is 0.416 e. The second-order valence-corrected chi connectivity index (χ2v) is 16.0. The fourth-order valence-corrected chi connectivity index (χ4v) is 8.57. The molecule has 0 amide bonds. The van der Waals surface area contributed by atoms with Crippen LogP contribution in [0.3, 0.4) is 0 Å². The Labute approximate surface area is 317 Å². The van der Waals surface area contributed by atoms with Gasteiger partial charge in [0.15, 0.2) is 11.9 Å². The van der Waals surface area contributed by atoms with Crippen molar-refractivity contribution < 1.29 is 40.9 Å². The van der Waals surface area contributed by atoms with E-state index in [2.05, 4.69) is 23.8 Å². The molecule has 2 fully saturated rings. The van der Waals surface area contributed by atoms with Gasteiger partial charge in [-0.1, -0.05) is 38.1 Å². The number of piperidine rings is 1. The highest BCUT2D eigenvalue weighted by Crippen LogP contribution is 2.53. The highest BCUT2D eigenvalue weighted by Gasteiger charge is 2.44. The van der Waals surface area contributed by atoms with E-state index in [4.69, 9.17) is 14.5 Å². The van der Waals surface area contributed by atoms with Crippen LogP contribution in [0.5, 0.6) is 11.5 Å². The molecule has 3 heterocycles. The zero-order chi connectivity index (χ0) is 39.1. The number of aromatic nitrogens is 3. The van der Waals surface area contributed by atoms with Crippen molar-refractivity contribution >= 4 is 5.95 Å². The third-order valence-corrected chi connectivity index (χ3v) is 11.4. The number of rotatable bonds is 9. The summed E-state index contributed by atoms with van der Waals surface area (Å²) in [4.78, 5) is 15.8. The van der Waals surface area contributed by atoms with Crippen LogP contribution in [0.2, 0.25) is 0 Å². The Morgan fingerprint density at radius 2 is 1.53 bits per heavy atom. The molecule has 0 spiro atoms. The lowest BCUT2D eigenvalue weighted by Crippen LogP contribution is -2.36. The molecule has 0 radical (unpaired) electrons. The third-order valence-electron chi connectivity index (χ3n) is 11.4. The monoisotopic (exact) mass is 768 g/mol. The van der Waals surface area contributed by atoms with Crippen molar-refractivity contribution in [2.75, 3.05) is 25.1 Å². The van der Waals surface area contributed by atoms with Crippen LogP contribution in [0.15, 0.2) is 60.9 Å². The molecule has 55 heavy (non-hydrogen) atoms. The standard InChI is InChI=1S/C42H46F6N4O3/c1-40(2)20-32-35(33(21-40)55-24-25-4-10-31(54-3)11-5-25)34(26-12-16-41(44,45)17-13-26)36(37(43)27-6-8-29(9-7-27)42(46,47)48)38(51-32)28-14-18-52(19-15-28)39-49-22-30(53)23-50-39/h4-11,22-23,26,28,33,37,53H,12-21,24H2,1-3H3. The molecular formula is C42H46F6N4O3. The zero-order valence-corrected chi connectivity index (χ0v) is 31.2. The van der Waals surface area contributed by atoms with Crippen LogP contribution in [0.4, 0.5) is 32.3 Å². The molecule has 2 unspecified atom stereocenters. The first-order valence-electron chi connectivity index (χ1n) is 18.9. The molecule has 7 rings (SSSR count). The molecule has 1 aliphatic heterocycles. The van der Waals surface area contributed by atoms with Crippen LogP contribution in [0.1, 0.15) is 128 Å². The first-order chi connectivity index (χ1) is 26.1. The number of anilines is 1. The van der Waals surface area contributed by atoms with Gasteiger partial charge in [0.05, 0.1) is 43.5 Å². The van der Waals surface area contributed by atoms with Gasteiger partial charge in [-0.15, -0.1) is 0 Å². The van der Waals surface area contributed by atoms with Crippen LogP contribution in [-0.4, -0.2) is 46.2 Å². The third kappa shape index (κ3) is 8.56. The molecular weight excluding hydrogens is 722 g/mol. The van der Waals surface area contributed by atoms with E-state index in [1.54, 1.807) is 7.11 Å². The maximum Gasteiger partial charge on any atom is 0.416 e. The molecule has 4 aromatic rings. The van der Waals surface area contributed by atoms with Gasteiger partial charge in [0, 0.05) is 48.7 Å². The quantitative estimate of drug-likeness (QED) is 0.170. The molecule has 2 aliphatic carbocycles. The summed E-state index contributed by atoms with van der Waals surface area (Å²) in [5.74, 6) is -2.42. The number of methoxy groups -OCH3 is 1. The number of ether oxygens (including phenoxy) is 2. The first-order valence-corrected chi connectivity index (χ1v) is 18.9. The Balaban J connectivity index is 1.36. The molecule has 1 N–H and O–H groups in total. The van der Waals surface area contributed by atoms with Crippen LogP contribution in [0, 0.1) is 5.41 Å². The molecule has 1 saturated heterocycles. The largest absolute Gasteiger partial charge is 0.505 e. The molecule has 1 saturated carbocycles. The lowest BCUT2D eigenvalue weighted by molar-refractivity contribution is -0.137. The maximum absolute atomic E-state index is 17.7. The molecule has 2 atom stereocenters. The number of fused-ring (bicyclic) bond motifs is 1. The summed E-state index contributed by atoms with van der Waals surface area (Å²) in [5, 5.41) is 9.70. The Morgan fingerprint density at radius 1 is 0.891 bits per heavy atom. The van der Waals surface area contributed by atoms with Gasteiger partial charge in [-0.05, 0) is 90.8 Å². The van der Waals surface area contributed by atoms with Gasteiger partial charge in [0.2, 0.25) is 11.9 Å². The molecule has 13 heteroatoms. The van der Waals surface area contributed by atoms with E-state index >= 15 is 4.39 Å². The summed E-state index contributed by atoms with van der Waals surface area (Å²) in [6, 6.07) is 11.6. The Bertz CT molecular complexity index is 1940. The average molecular weight is 769 g/mol. The van der Waals surface area contributed by atoms with E-state index in [-0.39, 0.29) is 60.5 Å². The molecule has 294 valence electrons. The Kier molecular flexibility index (Phi) is 10.8. The first kappa shape index (κ1) is 38.9. The number of halogens is 6. The number of hydrogen-bond acceptors (Lipinski definition) is 7. The summed E-state index contributed by atoms with van der Waals surface area (Å²) in [5.41, 5.74) is 2.69. The molecule has 2 aromatic heterocycles. The molecule has 2 aromatic carbocycles. The van der Waals surface area contributed by atoms with Crippen LogP contribution >= 0.6 is 0 Å². The van der Waals surface area contributed by atoms with Crippen molar-refractivity contribution in [2.24, 2.45) is 5.41 Å². The van der Waals surface area contributed by atoms with Gasteiger partial charge in [0.25, 0.3) is 0 Å². The van der Waals surface area contributed by atoms with E-state index in [1.165, 1.54) is 24.5 Å². The molecule has 7 nitrogen and oxygen atoms in total. The summed E-state index contributed by atoms with van der Waals surface area (Å²) >= 11 is 0. The minimum absolute atomic E-state index is 0.0418. The maximum atomic E-state index is 17.7. The second kappa shape index (κ2) is 15.3. The van der Waals surface area contributed by atoms with E-state index < -0.39 is 35.9 Å². The van der Waals surface area contributed by atoms with Gasteiger partial charge >= 0.3 is 6.18 Å². The SMILES string of the molecule is COc1ccc(COC2CC(C)(C)Cc3nc(C4CCN(c5ncc(O)cn5)CC4)c(C(F)c4ccc(C(F)(F)F)cc4)c(C4CCC(F)(F)CC4)c32)cc1. The Morgan fingerprint density at radius 3 is 2.13 bits per heavy atom. The second-order valence-electron chi connectivity index (χ2n) is 16.0. The van der Waals surface area contributed by atoms with Crippen molar-refractivity contribution in [1.29, 1.82) is 0 Å². The molecule has 3 aliphatic rings. The number of benzene rings is 2. The summed E-state index contributed by atoms with van der Waals surface area (Å²) in [6.07, 6.45) is -2.58. The fraction of sp³-hybridized carbons (Fsp3) is 0.500. The van der Waals surface area contributed by atoms with E-state index in [0.717, 1.165) is 29.0 Å². The molecule has 0 bridgehead atoms. The lowest BCUT2D eigenvalue weighted by Gasteiger charge is -2.42. The van der Waals surface area contributed by atoms with Gasteiger partial charge in [-0.25, -0.2) is 23.1 Å². The highest BCUT2D eigenvalue weighted by atomic mass is 19.4. The normalized spacial score (nSPS) is 20.9. The number of pyridine rings is 1. The fourth-order valence-electron chi connectivity index (χ4n) is 8.57. The predicted molar refractivity (Wildman–Crippen MR) is 195 cm³/mol. The number of hydrogen-bond donors (Lipinski definition) is 1. The van der Waals surface area contributed by atoms with Crippen molar-refractivity contribution in [1.82, 2.24) is 15.0 Å². The average Bonchev–Trinajstić information content (AvgIpc) is 3.16. The van der Waals surface area contributed by atoms with Crippen molar-refractivity contribution in [3.63, 3.8) is 0 Å². The van der Waals surface area contributed by atoms with E-state index in [1.807, 2.05) is 29.2 Å². The lowest BCUT2D eigenvalue weighted by atomic mass is 9.68.